The fourth-order valence-electron chi connectivity index (χ4n) is 2.34. The van der Waals surface area contributed by atoms with Crippen LogP contribution in [0.1, 0.15) is 23.6 Å². The van der Waals surface area contributed by atoms with Crippen LogP contribution in [-0.2, 0) is 6.42 Å². The number of aryl methyl sites for hydroxylation is 1. The summed E-state index contributed by atoms with van der Waals surface area (Å²) in [7, 11) is 0. The molecule has 6 heteroatoms. The van der Waals surface area contributed by atoms with Crippen LogP contribution in [0, 0.1) is 11.8 Å². The van der Waals surface area contributed by atoms with E-state index < -0.39 is 16.9 Å². The van der Waals surface area contributed by atoms with E-state index in [2.05, 4.69) is 21.8 Å². The molecule has 0 saturated carbocycles. The second-order valence-corrected chi connectivity index (χ2v) is 4.83. The Kier molecular flexibility index (Phi) is 3.69. The molecule has 0 fully saturated rings. The average Bonchev–Trinajstić information content (AvgIpc) is 2.53. The summed E-state index contributed by atoms with van der Waals surface area (Å²) in [6, 6.07) is 9.16. The third-order valence-corrected chi connectivity index (χ3v) is 3.37. The second kappa shape index (κ2) is 5.81. The molecule has 2 N–H and O–H groups in total. The lowest BCUT2D eigenvalue weighted by atomic mass is 10.0. The minimum Gasteiger partial charge on any atom is -0.404 e. The Hall–Kier alpha value is -3.33. The molecule has 3 aromatic rings. The Labute approximate surface area is 129 Å². The van der Waals surface area contributed by atoms with E-state index in [1.54, 1.807) is 6.92 Å². The number of fused-ring (bicyclic) bond motifs is 1. The Morgan fingerprint density at radius 1 is 1.04 bits per heavy atom. The standard InChI is InChI=1S/C17H12N2O4/c1-2-11-12(9-8-10-6-4-3-5-7-10)16(21)23-15-13(11)14(20)18-17(22)19-15/h3-7H,2H2,1H3,(H2,18,19,20,22). The number of nitrogens with one attached hydrogen (secondary N) is 2. The Bertz CT molecular complexity index is 1110. The topological polar surface area (TPSA) is 95.9 Å². The number of rotatable bonds is 1. The highest BCUT2D eigenvalue weighted by Gasteiger charge is 2.15. The zero-order valence-electron chi connectivity index (χ0n) is 12.2. The summed E-state index contributed by atoms with van der Waals surface area (Å²) in [5.41, 5.74) is -0.823. The molecule has 2 aromatic heterocycles. The van der Waals surface area contributed by atoms with E-state index in [9.17, 15) is 14.4 Å². The molecule has 3 rings (SSSR count). The Morgan fingerprint density at radius 2 is 1.78 bits per heavy atom. The molecular formula is C17H12N2O4. The zero-order chi connectivity index (χ0) is 16.4. The van der Waals surface area contributed by atoms with Gasteiger partial charge in [0.2, 0.25) is 5.71 Å². The van der Waals surface area contributed by atoms with Crippen LogP contribution in [-0.4, -0.2) is 9.97 Å². The quantitative estimate of drug-likeness (QED) is 0.659. The molecule has 0 saturated heterocycles. The van der Waals surface area contributed by atoms with Crippen molar-refractivity contribution in [1.29, 1.82) is 0 Å². The van der Waals surface area contributed by atoms with Crippen LogP contribution < -0.4 is 16.9 Å². The Morgan fingerprint density at radius 3 is 2.48 bits per heavy atom. The van der Waals surface area contributed by atoms with Gasteiger partial charge < -0.3 is 4.42 Å². The normalized spacial score (nSPS) is 10.3. The van der Waals surface area contributed by atoms with E-state index in [4.69, 9.17) is 4.42 Å². The summed E-state index contributed by atoms with van der Waals surface area (Å²) < 4.78 is 5.05. The molecule has 0 aliphatic rings. The third-order valence-electron chi connectivity index (χ3n) is 3.37. The van der Waals surface area contributed by atoms with E-state index in [-0.39, 0.29) is 16.7 Å². The van der Waals surface area contributed by atoms with Gasteiger partial charge in [0.05, 0.1) is 0 Å². The van der Waals surface area contributed by atoms with Crippen molar-refractivity contribution in [2.45, 2.75) is 13.3 Å². The number of aromatic amines is 2. The summed E-state index contributed by atoms with van der Waals surface area (Å²) in [6.07, 6.45) is 0.399. The van der Waals surface area contributed by atoms with Gasteiger partial charge in [-0.1, -0.05) is 37.0 Å². The summed E-state index contributed by atoms with van der Waals surface area (Å²) >= 11 is 0. The first-order valence-corrected chi connectivity index (χ1v) is 6.99. The van der Waals surface area contributed by atoms with E-state index in [0.717, 1.165) is 5.56 Å². The van der Waals surface area contributed by atoms with E-state index in [1.807, 2.05) is 30.3 Å². The SMILES string of the molecule is CCc1c(C#Cc2ccccc2)c(=O)oc2[nH]c(=O)[nH]c(=O)c12. The van der Waals surface area contributed by atoms with Gasteiger partial charge in [0.1, 0.15) is 10.9 Å². The Balaban J connectivity index is 2.32. The van der Waals surface area contributed by atoms with Crippen molar-refractivity contribution in [3.8, 4) is 11.8 Å². The van der Waals surface area contributed by atoms with Gasteiger partial charge in [-0.2, -0.15) is 0 Å². The fraction of sp³-hybridized carbons (Fsp3) is 0.118. The largest absolute Gasteiger partial charge is 0.404 e. The van der Waals surface area contributed by atoms with Crippen molar-refractivity contribution in [2.75, 3.05) is 0 Å². The molecule has 0 aliphatic heterocycles. The molecule has 0 atom stereocenters. The monoisotopic (exact) mass is 308 g/mol. The van der Waals surface area contributed by atoms with Gasteiger partial charge in [0.15, 0.2) is 0 Å². The van der Waals surface area contributed by atoms with Crippen molar-refractivity contribution in [3.63, 3.8) is 0 Å². The lowest BCUT2D eigenvalue weighted by Gasteiger charge is -2.03. The van der Waals surface area contributed by atoms with Gasteiger partial charge >= 0.3 is 11.3 Å². The second-order valence-electron chi connectivity index (χ2n) is 4.83. The highest BCUT2D eigenvalue weighted by atomic mass is 16.4. The van der Waals surface area contributed by atoms with Crippen LogP contribution in [0.3, 0.4) is 0 Å². The van der Waals surface area contributed by atoms with Crippen molar-refractivity contribution in [3.05, 3.63) is 78.3 Å². The summed E-state index contributed by atoms with van der Waals surface area (Å²) in [6.45, 7) is 1.80. The minimum atomic E-state index is -0.726. The zero-order valence-corrected chi connectivity index (χ0v) is 12.2. The number of benzene rings is 1. The van der Waals surface area contributed by atoms with Gasteiger partial charge in [-0.3, -0.25) is 14.8 Å². The maximum absolute atomic E-state index is 12.2. The predicted molar refractivity (Wildman–Crippen MR) is 85.5 cm³/mol. The number of hydrogen-bond donors (Lipinski definition) is 2. The summed E-state index contributed by atoms with van der Waals surface area (Å²) in [4.78, 5) is 39.9. The van der Waals surface area contributed by atoms with Crippen molar-refractivity contribution >= 4 is 11.1 Å². The van der Waals surface area contributed by atoms with E-state index in [0.29, 0.717) is 12.0 Å². The van der Waals surface area contributed by atoms with Gasteiger partial charge in [0, 0.05) is 5.56 Å². The molecule has 114 valence electrons. The third kappa shape index (κ3) is 2.72. The number of H-pyrrole nitrogens is 2. The van der Waals surface area contributed by atoms with Gasteiger partial charge in [-0.25, -0.2) is 9.59 Å². The molecule has 0 radical (unpaired) electrons. The van der Waals surface area contributed by atoms with Crippen LogP contribution in [0.15, 0.2) is 49.1 Å². The highest BCUT2D eigenvalue weighted by Crippen LogP contribution is 2.14. The van der Waals surface area contributed by atoms with Crippen molar-refractivity contribution in [1.82, 2.24) is 9.97 Å². The lowest BCUT2D eigenvalue weighted by Crippen LogP contribution is -2.25. The van der Waals surface area contributed by atoms with Crippen LogP contribution in [0.25, 0.3) is 11.1 Å². The highest BCUT2D eigenvalue weighted by molar-refractivity contribution is 5.78. The number of aromatic nitrogens is 2. The molecule has 6 nitrogen and oxygen atoms in total. The van der Waals surface area contributed by atoms with Gasteiger partial charge in [-0.05, 0) is 24.1 Å². The molecule has 0 aliphatic carbocycles. The average molecular weight is 308 g/mol. The molecule has 1 aromatic carbocycles. The first-order valence-electron chi connectivity index (χ1n) is 6.99. The molecule has 0 unspecified atom stereocenters. The van der Waals surface area contributed by atoms with Gasteiger partial charge in [-0.15, -0.1) is 0 Å². The molecule has 0 bridgehead atoms. The van der Waals surface area contributed by atoms with E-state index in [1.165, 1.54) is 0 Å². The smallest absolute Gasteiger partial charge is 0.353 e. The maximum Gasteiger partial charge on any atom is 0.353 e. The molecule has 0 spiro atoms. The number of hydrogen-bond acceptors (Lipinski definition) is 4. The van der Waals surface area contributed by atoms with Crippen LogP contribution in [0.4, 0.5) is 0 Å². The fourth-order valence-corrected chi connectivity index (χ4v) is 2.34. The van der Waals surface area contributed by atoms with Crippen LogP contribution in [0.5, 0.6) is 0 Å². The van der Waals surface area contributed by atoms with Crippen molar-refractivity contribution < 1.29 is 4.42 Å². The molecule has 0 amide bonds. The van der Waals surface area contributed by atoms with Crippen LogP contribution in [0.2, 0.25) is 0 Å². The lowest BCUT2D eigenvalue weighted by molar-refractivity contribution is 0.542. The van der Waals surface area contributed by atoms with Gasteiger partial charge in [0.25, 0.3) is 5.56 Å². The molecule has 2 heterocycles. The van der Waals surface area contributed by atoms with E-state index >= 15 is 0 Å². The maximum atomic E-state index is 12.2. The molecule has 23 heavy (non-hydrogen) atoms. The summed E-state index contributed by atoms with van der Waals surface area (Å²) in [5, 5.41) is 0.143. The molecular weight excluding hydrogens is 296 g/mol. The first kappa shape index (κ1) is 14.6. The first-order chi connectivity index (χ1) is 11.1. The van der Waals surface area contributed by atoms with Crippen LogP contribution >= 0.6 is 0 Å². The minimum absolute atomic E-state index is 0.126. The van der Waals surface area contributed by atoms with Crippen molar-refractivity contribution in [2.24, 2.45) is 0 Å². The summed E-state index contributed by atoms with van der Waals surface area (Å²) in [5.74, 6) is 5.66. The predicted octanol–water partition coefficient (Wildman–Crippen LogP) is 1.13.